The van der Waals surface area contributed by atoms with Crippen molar-refractivity contribution in [3.05, 3.63) is 107 Å². The minimum atomic E-state index is -0.742. The van der Waals surface area contributed by atoms with Crippen molar-refractivity contribution in [2.24, 2.45) is 5.92 Å². The highest BCUT2D eigenvalue weighted by Gasteiger charge is 2.40. The maximum Gasteiger partial charge on any atom is 0.337 e. The van der Waals surface area contributed by atoms with Gasteiger partial charge >= 0.3 is 11.9 Å². The number of carbonyl (C=O) groups excluding carboxylic acids is 2. The Labute approximate surface area is 231 Å². The van der Waals surface area contributed by atoms with Crippen LogP contribution in [0.3, 0.4) is 0 Å². The van der Waals surface area contributed by atoms with E-state index in [1.807, 2.05) is 62.4 Å². The topological polar surface area (TPSA) is 71.1 Å². The zero-order valence-corrected chi connectivity index (χ0v) is 23.1. The molecule has 1 saturated heterocycles. The summed E-state index contributed by atoms with van der Waals surface area (Å²) in [6.45, 7) is 4.28. The number of aryl methyl sites for hydroxylation is 3. The summed E-state index contributed by atoms with van der Waals surface area (Å²) in [6, 6.07) is 25.9. The molecule has 3 aromatic carbocycles. The van der Waals surface area contributed by atoms with Gasteiger partial charge in [0.1, 0.15) is 12.5 Å². The predicted octanol–water partition coefficient (Wildman–Crippen LogP) is 6.09. The molecule has 2 atom stereocenters. The highest BCUT2D eigenvalue weighted by atomic mass is 16.7. The van der Waals surface area contributed by atoms with Crippen LogP contribution in [0.25, 0.3) is 0 Å². The second kappa shape index (κ2) is 13.5. The molecule has 0 amide bonds. The molecule has 4 rings (SSSR count). The minimum Gasteiger partial charge on any atom is -0.465 e. The molecule has 3 aromatic rings. The van der Waals surface area contributed by atoms with E-state index in [1.165, 1.54) is 18.2 Å². The second-order valence-corrected chi connectivity index (χ2v) is 10.5. The molecule has 0 spiro atoms. The first-order chi connectivity index (χ1) is 18.8. The molecule has 0 saturated carbocycles. The van der Waals surface area contributed by atoms with Crippen molar-refractivity contribution in [3.8, 4) is 0 Å². The van der Waals surface area contributed by atoms with Gasteiger partial charge in [-0.2, -0.15) is 0 Å². The minimum absolute atomic E-state index is 0.237. The molecule has 39 heavy (non-hydrogen) atoms. The van der Waals surface area contributed by atoms with E-state index in [-0.39, 0.29) is 31.3 Å². The smallest absolute Gasteiger partial charge is 0.337 e. The van der Waals surface area contributed by atoms with Crippen LogP contribution in [0, 0.1) is 5.92 Å². The Hall–Kier alpha value is -3.48. The second-order valence-electron chi connectivity index (χ2n) is 10.5. The lowest BCUT2D eigenvalue weighted by molar-refractivity contribution is -0.292. The summed E-state index contributed by atoms with van der Waals surface area (Å²) < 4.78 is 22.5. The number of rotatable bonds is 11. The standard InChI is InChI=1S/C33H38O6/c1-33(2)38-23-29(32(35)37-22-27-10-5-4-6-11-27)30(39-33)19-18-26-15-8-13-24(20-26)12-7-14-25-16-9-17-28(21-25)31(34)36-3/h4-6,8-11,13,15-17,20-21,29-30H,7,12,14,18-19,22-23H2,1-3H3/t29-,30-/m1/s1. The lowest BCUT2D eigenvalue weighted by Gasteiger charge is -2.40. The molecule has 1 aliphatic heterocycles. The highest BCUT2D eigenvalue weighted by molar-refractivity contribution is 5.89. The van der Waals surface area contributed by atoms with Crippen molar-refractivity contribution in [2.75, 3.05) is 13.7 Å². The van der Waals surface area contributed by atoms with Gasteiger partial charge in [-0.3, -0.25) is 4.79 Å². The highest BCUT2D eigenvalue weighted by Crippen LogP contribution is 2.30. The van der Waals surface area contributed by atoms with Crippen LogP contribution in [-0.4, -0.2) is 37.5 Å². The Kier molecular flexibility index (Phi) is 9.90. The van der Waals surface area contributed by atoms with E-state index in [0.717, 1.165) is 36.8 Å². The van der Waals surface area contributed by atoms with Crippen LogP contribution in [0.5, 0.6) is 0 Å². The lowest BCUT2D eigenvalue weighted by atomic mass is 9.94. The molecule has 6 heteroatoms. The maximum absolute atomic E-state index is 13.0. The molecule has 0 aliphatic carbocycles. The first-order valence-corrected chi connectivity index (χ1v) is 13.6. The fraction of sp³-hybridized carbons (Fsp3) is 0.394. The van der Waals surface area contributed by atoms with Crippen molar-refractivity contribution >= 4 is 11.9 Å². The molecule has 0 aromatic heterocycles. The van der Waals surface area contributed by atoms with Gasteiger partial charge in [0.25, 0.3) is 0 Å². The van der Waals surface area contributed by atoms with E-state index in [2.05, 4.69) is 24.3 Å². The van der Waals surface area contributed by atoms with Gasteiger partial charge in [-0.15, -0.1) is 0 Å². The van der Waals surface area contributed by atoms with Crippen LogP contribution in [0.2, 0.25) is 0 Å². The molecular formula is C33H38O6. The fourth-order valence-electron chi connectivity index (χ4n) is 4.91. The van der Waals surface area contributed by atoms with Gasteiger partial charge in [-0.05, 0) is 80.3 Å². The van der Waals surface area contributed by atoms with Crippen molar-refractivity contribution in [1.82, 2.24) is 0 Å². The predicted molar refractivity (Wildman–Crippen MR) is 149 cm³/mol. The van der Waals surface area contributed by atoms with Crippen molar-refractivity contribution < 1.29 is 28.5 Å². The molecule has 1 heterocycles. The number of ether oxygens (including phenoxy) is 4. The Morgan fingerprint density at radius 1 is 0.846 bits per heavy atom. The number of hydrogen-bond donors (Lipinski definition) is 0. The first kappa shape index (κ1) is 28.5. The van der Waals surface area contributed by atoms with E-state index in [9.17, 15) is 9.59 Å². The molecule has 0 unspecified atom stereocenters. The van der Waals surface area contributed by atoms with Crippen molar-refractivity contribution in [1.29, 1.82) is 0 Å². The maximum atomic E-state index is 13.0. The van der Waals surface area contributed by atoms with E-state index < -0.39 is 11.7 Å². The van der Waals surface area contributed by atoms with Crippen LogP contribution >= 0.6 is 0 Å². The van der Waals surface area contributed by atoms with Gasteiger partial charge in [-0.1, -0.05) is 66.7 Å². The number of esters is 2. The summed E-state index contributed by atoms with van der Waals surface area (Å²) in [4.78, 5) is 24.8. The van der Waals surface area contributed by atoms with Crippen LogP contribution in [0.1, 0.15) is 59.3 Å². The Morgan fingerprint density at radius 3 is 2.21 bits per heavy atom. The fourth-order valence-corrected chi connectivity index (χ4v) is 4.91. The van der Waals surface area contributed by atoms with Gasteiger partial charge in [-0.25, -0.2) is 4.79 Å². The van der Waals surface area contributed by atoms with E-state index >= 15 is 0 Å². The monoisotopic (exact) mass is 530 g/mol. The van der Waals surface area contributed by atoms with Crippen LogP contribution in [0.4, 0.5) is 0 Å². The van der Waals surface area contributed by atoms with Gasteiger partial charge in [0.05, 0.1) is 25.4 Å². The number of methoxy groups -OCH3 is 1. The lowest BCUT2D eigenvalue weighted by Crippen LogP contribution is -2.49. The van der Waals surface area contributed by atoms with Gasteiger partial charge < -0.3 is 18.9 Å². The van der Waals surface area contributed by atoms with E-state index in [4.69, 9.17) is 18.9 Å². The molecule has 0 bridgehead atoms. The molecule has 1 fully saturated rings. The van der Waals surface area contributed by atoms with Crippen LogP contribution in [0.15, 0.2) is 78.9 Å². The normalized spacial score (nSPS) is 18.3. The van der Waals surface area contributed by atoms with Gasteiger partial charge in [0, 0.05) is 0 Å². The third-order valence-corrected chi connectivity index (χ3v) is 7.01. The van der Waals surface area contributed by atoms with Crippen LogP contribution in [-0.2, 0) is 49.6 Å². The molecule has 6 nitrogen and oxygen atoms in total. The number of hydrogen-bond acceptors (Lipinski definition) is 6. The summed E-state index contributed by atoms with van der Waals surface area (Å²) in [7, 11) is 1.40. The SMILES string of the molecule is COC(=O)c1cccc(CCCc2cccc(CC[C@H]3OC(C)(C)OC[C@H]3C(=O)OCc3ccccc3)c2)c1. The van der Waals surface area contributed by atoms with E-state index in [0.29, 0.717) is 12.0 Å². The zero-order chi connectivity index (χ0) is 27.7. The summed E-state index contributed by atoms with van der Waals surface area (Å²) in [5.74, 6) is -1.81. The average Bonchev–Trinajstić information content (AvgIpc) is 2.95. The van der Waals surface area contributed by atoms with Crippen molar-refractivity contribution in [2.45, 2.75) is 64.4 Å². The van der Waals surface area contributed by atoms with Gasteiger partial charge in [0.15, 0.2) is 5.79 Å². The van der Waals surface area contributed by atoms with E-state index in [1.54, 1.807) is 6.07 Å². The summed E-state index contributed by atoms with van der Waals surface area (Å²) in [5, 5.41) is 0. The Bertz CT molecular complexity index is 1240. The van der Waals surface area contributed by atoms with Gasteiger partial charge in [0.2, 0.25) is 0 Å². The Morgan fingerprint density at radius 2 is 1.49 bits per heavy atom. The summed E-state index contributed by atoms with van der Waals surface area (Å²) in [6.07, 6.45) is 3.99. The number of carbonyl (C=O) groups is 2. The number of benzene rings is 3. The quantitative estimate of drug-likeness (QED) is 0.279. The summed E-state index contributed by atoms with van der Waals surface area (Å²) in [5.41, 5.74) is 5.14. The molecule has 1 aliphatic rings. The van der Waals surface area contributed by atoms with Crippen LogP contribution < -0.4 is 0 Å². The molecule has 0 N–H and O–H groups in total. The molecule has 206 valence electrons. The zero-order valence-electron chi connectivity index (χ0n) is 23.1. The Balaban J connectivity index is 1.31. The average molecular weight is 531 g/mol. The largest absolute Gasteiger partial charge is 0.465 e. The summed E-state index contributed by atoms with van der Waals surface area (Å²) >= 11 is 0. The molecular weight excluding hydrogens is 492 g/mol. The third kappa shape index (κ3) is 8.50. The third-order valence-electron chi connectivity index (χ3n) is 7.01. The molecule has 0 radical (unpaired) electrons. The first-order valence-electron chi connectivity index (χ1n) is 13.6. The van der Waals surface area contributed by atoms with Crippen molar-refractivity contribution in [3.63, 3.8) is 0 Å².